The second-order valence-corrected chi connectivity index (χ2v) is 6.95. The Balaban J connectivity index is 2.37. The van der Waals surface area contributed by atoms with Crippen LogP contribution >= 0.6 is 51.5 Å². The first-order valence-electron chi connectivity index (χ1n) is 5.44. The topological polar surface area (TPSA) is 77.8 Å². The van der Waals surface area contributed by atoms with Crippen LogP contribution in [0.2, 0.25) is 5.02 Å². The van der Waals surface area contributed by atoms with E-state index in [2.05, 4.69) is 15.9 Å². The highest BCUT2D eigenvalue weighted by Gasteiger charge is 2.33. The second-order valence-electron chi connectivity index (χ2n) is 3.99. The minimum Gasteiger partial charge on any atom is -0.506 e. The van der Waals surface area contributed by atoms with E-state index in [1.54, 1.807) is 0 Å². The van der Waals surface area contributed by atoms with Gasteiger partial charge in [0.2, 0.25) is 0 Å². The van der Waals surface area contributed by atoms with Crippen LogP contribution in [0.15, 0.2) is 21.5 Å². The molecule has 0 saturated carbocycles. The number of nitrogens with zero attached hydrogens (tertiary/aromatic N) is 1. The monoisotopic (exact) mass is 407 g/mol. The van der Waals surface area contributed by atoms with Crippen LogP contribution in [-0.2, 0) is 9.59 Å². The molecule has 9 heteroatoms. The van der Waals surface area contributed by atoms with Gasteiger partial charge in [-0.2, -0.15) is 0 Å². The van der Waals surface area contributed by atoms with Gasteiger partial charge in [-0.05, 0) is 34.1 Å². The summed E-state index contributed by atoms with van der Waals surface area (Å²) < 4.78 is 0.552. The van der Waals surface area contributed by atoms with Gasteiger partial charge >= 0.3 is 5.97 Å². The van der Waals surface area contributed by atoms with Crippen LogP contribution in [0, 0.1) is 0 Å². The summed E-state index contributed by atoms with van der Waals surface area (Å²) in [5.74, 6) is -1.73. The van der Waals surface area contributed by atoms with Crippen molar-refractivity contribution in [1.82, 2.24) is 4.90 Å². The van der Waals surface area contributed by atoms with Gasteiger partial charge in [-0.25, -0.2) is 0 Å². The third-order valence-corrected chi connectivity index (χ3v) is 4.71. The van der Waals surface area contributed by atoms with E-state index in [9.17, 15) is 14.7 Å². The summed E-state index contributed by atoms with van der Waals surface area (Å²) in [5.41, 5.74) is 0.338. The lowest BCUT2D eigenvalue weighted by Crippen LogP contribution is -2.33. The van der Waals surface area contributed by atoms with E-state index in [0.29, 0.717) is 15.1 Å². The number of carbonyl (C=O) groups excluding carboxylic acids is 1. The first-order chi connectivity index (χ1) is 9.79. The minimum absolute atomic E-state index is 0.0668. The fourth-order valence-electron chi connectivity index (χ4n) is 1.61. The zero-order chi connectivity index (χ0) is 15.7. The Morgan fingerprint density at radius 1 is 1.52 bits per heavy atom. The lowest BCUT2D eigenvalue weighted by molar-refractivity contribution is -0.140. The highest BCUT2D eigenvalue weighted by molar-refractivity contribution is 9.10. The van der Waals surface area contributed by atoms with Crippen molar-refractivity contribution in [2.75, 3.05) is 6.54 Å². The Morgan fingerprint density at radius 3 is 2.81 bits per heavy atom. The number of phenols is 1. The maximum absolute atomic E-state index is 12.1. The number of aromatic hydroxyl groups is 1. The molecule has 0 aromatic heterocycles. The van der Waals surface area contributed by atoms with Gasteiger partial charge in [-0.1, -0.05) is 35.6 Å². The van der Waals surface area contributed by atoms with Gasteiger partial charge in [-0.3, -0.25) is 14.5 Å². The van der Waals surface area contributed by atoms with Gasteiger partial charge in [0.05, 0.1) is 9.38 Å². The molecule has 0 unspecified atom stereocenters. The summed E-state index contributed by atoms with van der Waals surface area (Å²) in [6.45, 7) is -0.493. The Kier molecular flexibility index (Phi) is 4.92. The van der Waals surface area contributed by atoms with Crippen LogP contribution in [0.3, 0.4) is 0 Å². The predicted molar refractivity (Wildman–Crippen MR) is 88.3 cm³/mol. The lowest BCUT2D eigenvalue weighted by atomic mass is 10.2. The smallest absolute Gasteiger partial charge is 0.323 e. The van der Waals surface area contributed by atoms with Crippen LogP contribution < -0.4 is 0 Å². The number of phenolic OH excluding ortho intramolecular Hbond substituents is 1. The Labute approximate surface area is 142 Å². The third kappa shape index (κ3) is 3.57. The largest absolute Gasteiger partial charge is 0.506 e. The molecule has 1 aliphatic heterocycles. The van der Waals surface area contributed by atoms with Crippen LogP contribution in [0.5, 0.6) is 5.75 Å². The average Bonchev–Trinajstić information content (AvgIpc) is 2.63. The minimum atomic E-state index is -1.15. The van der Waals surface area contributed by atoms with Crippen molar-refractivity contribution in [2.24, 2.45) is 0 Å². The van der Waals surface area contributed by atoms with Gasteiger partial charge in [0.15, 0.2) is 0 Å². The molecule has 2 rings (SSSR count). The summed E-state index contributed by atoms with van der Waals surface area (Å²) in [6.07, 6.45) is 1.42. The standard InChI is InChI=1S/C12H7BrClNO4S2/c13-7-3-6(14)1-5(10(7)18)2-8-11(19)15(4-9(16)17)12(20)21-8/h1-3,18H,4H2,(H,16,17). The molecule has 1 fully saturated rings. The molecule has 0 spiro atoms. The summed E-state index contributed by atoms with van der Waals surface area (Å²) in [6, 6.07) is 3.01. The number of hydrogen-bond acceptors (Lipinski definition) is 5. The molecular weight excluding hydrogens is 402 g/mol. The SMILES string of the molecule is O=C(O)CN1C(=O)C(=Cc2cc(Cl)cc(Br)c2O)SC1=S. The van der Waals surface area contributed by atoms with Gasteiger partial charge < -0.3 is 10.2 Å². The molecule has 110 valence electrons. The first kappa shape index (κ1) is 16.3. The summed E-state index contributed by atoms with van der Waals surface area (Å²) in [7, 11) is 0. The Bertz CT molecular complexity index is 692. The van der Waals surface area contributed by atoms with Crippen molar-refractivity contribution in [3.63, 3.8) is 0 Å². The molecule has 1 saturated heterocycles. The molecule has 21 heavy (non-hydrogen) atoms. The molecule has 0 aliphatic carbocycles. The Hall–Kier alpha value is -1.09. The number of thiocarbonyl (C=S) groups is 1. The highest BCUT2D eigenvalue weighted by atomic mass is 79.9. The normalized spacial score (nSPS) is 16.9. The number of aliphatic carboxylic acids is 1. The number of thioether (sulfide) groups is 1. The number of benzene rings is 1. The van der Waals surface area contributed by atoms with Crippen molar-refractivity contribution in [1.29, 1.82) is 0 Å². The molecule has 0 bridgehead atoms. The average molecular weight is 409 g/mol. The summed E-state index contributed by atoms with van der Waals surface area (Å²) >= 11 is 15.0. The third-order valence-electron chi connectivity index (χ3n) is 2.51. The molecule has 0 radical (unpaired) electrons. The van der Waals surface area contributed by atoms with Crippen molar-refractivity contribution in [3.05, 3.63) is 32.1 Å². The maximum atomic E-state index is 12.1. The molecule has 0 atom stereocenters. The van der Waals surface area contributed by atoms with Crippen molar-refractivity contribution in [3.8, 4) is 5.75 Å². The first-order valence-corrected chi connectivity index (χ1v) is 7.84. The van der Waals surface area contributed by atoms with Crippen molar-refractivity contribution < 1.29 is 19.8 Å². The van der Waals surface area contributed by atoms with Crippen molar-refractivity contribution in [2.45, 2.75) is 0 Å². The van der Waals surface area contributed by atoms with E-state index >= 15 is 0 Å². The molecule has 1 aliphatic rings. The van der Waals surface area contributed by atoms with E-state index in [1.165, 1.54) is 18.2 Å². The van der Waals surface area contributed by atoms with Crippen LogP contribution in [0.25, 0.3) is 6.08 Å². The van der Waals surface area contributed by atoms with Crippen LogP contribution in [0.1, 0.15) is 5.56 Å². The molecule has 1 amide bonds. The van der Waals surface area contributed by atoms with E-state index in [4.69, 9.17) is 28.9 Å². The van der Waals surface area contributed by atoms with Crippen molar-refractivity contribution >= 4 is 73.8 Å². The summed E-state index contributed by atoms with van der Waals surface area (Å²) in [4.78, 5) is 24.0. The number of carboxylic acid groups (broad SMARTS) is 1. The number of carbonyl (C=O) groups is 2. The number of rotatable bonds is 3. The fraction of sp³-hybridized carbons (Fsp3) is 0.0833. The van der Waals surface area contributed by atoms with Crippen LogP contribution in [-0.4, -0.2) is 37.9 Å². The highest BCUT2D eigenvalue weighted by Crippen LogP contribution is 2.37. The maximum Gasteiger partial charge on any atom is 0.323 e. The number of halogens is 2. The molecule has 1 aromatic rings. The number of hydrogen-bond donors (Lipinski definition) is 2. The van der Waals surface area contributed by atoms with Gasteiger partial charge in [0.1, 0.15) is 16.6 Å². The molecular formula is C12H7BrClNO4S2. The van der Waals surface area contributed by atoms with E-state index < -0.39 is 18.4 Å². The fourth-order valence-corrected chi connectivity index (χ4v) is 3.69. The van der Waals surface area contributed by atoms with E-state index in [0.717, 1.165) is 16.7 Å². The van der Waals surface area contributed by atoms with E-state index in [-0.39, 0.29) is 15.0 Å². The zero-order valence-electron chi connectivity index (χ0n) is 10.2. The number of carboxylic acids is 1. The molecule has 1 aromatic carbocycles. The molecule has 5 nitrogen and oxygen atoms in total. The second kappa shape index (κ2) is 6.35. The lowest BCUT2D eigenvalue weighted by Gasteiger charge is -2.10. The van der Waals surface area contributed by atoms with Crippen LogP contribution in [0.4, 0.5) is 0 Å². The van der Waals surface area contributed by atoms with Gasteiger partial charge in [-0.15, -0.1) is 0 Å². The van der Waals surface area contributed by atoms with Gasteiger partial charge in [0.25, 0.3) is 5.91 Å². The van der Waals surface area contributed by atoms with E-state index in [1.807, 2.05) is 0 Å². The Morgan fingerprint density at radius 2 is 2.19 bits per heavy atom. The summed E-state index contributed by atoms with van der Waals surface area (Å²) in [5, 5.41) is 19.1. The molecule has 1 heterocycles. The van der Waals surface area contributed by atoms with Gasteiger partial charge in [0, 0.05) is 10.6 Å². The zero-order valence-corrected chi connectivity index (χ0v) is 14.1. The predicted octanol–water partition coefficient (Wildman–Crippen LogP) is 3.09. The molecule has 2 N–H and O–H groups in total. The number of amides is 1. The quantitative estimate of drug-likeness (QED) is 0.591.